The molecule has 13 heteroatoms. The lowest BCUT2D eigenvalue weighted by Crippen LogP contribution is -2.36. The number of alkyl halides is 6. The van der Waals surface area contributed by atoms with Crippen LogP contribution in [0.25, 0.3) is 0 Å². The molecule has 0 saturated heterocycles. The van der Waals surface area contributed by atoms with Gasteiger partial charge in [-0.2, -0.15) is 26.3 Å². The maximum atomic E-state index is 13.5. The predicted octanol–water partition coefficient (Wildman–Crippen LogP) is 5.57. The standard InChI is InChI=1S/C24H20F7N3O3/c1-12(14-6-15(23(26,27)28)8-16(7-14)24(29,30)31)37-19-9-20-32-33-21(10-22(35)36)34(20)11-18(19)13-2-4-17(25)5-3-13/h2-8,12,18-19H,9-11H2,1H3,(H,35,36)/t12-,18-,19+/m1/s1. The molecule has 0 radical (unpaired) electrons. The number of benzene rings is 2. The number of hydrogen-bond donors (Lipinski definition) is 1. The first kappa shape index (κ1) is 26.6. The summed E-state index contributed by atoms with van der Waals surface area (Å²) in [5.41, 5.74) is -2.65. The molecule has 0 bridgehead atoms. The van der Waals surface area contributed by atoms with Gasteiger partial charge in [-0.1, -0.05) is 12.1 Å². The second-order valence-corrected chi connectivity index (χ2v) is 8.73. The van der Waals surface area contributed by atoms with E-state index in [-0.39, 0.29) is 30.4 Å². The van der Waals surface area contributed by atoms with Gasteiger partial charge in [0.1, 0.15) is 23.9 Å². The molecule has 37 heavy (non-hydrogen) atoms. The Morgan fingerprint density at radius 2 is 1.65 bits per heavy atom. The van der Waals surface area contributed by atoms with Crippen molar-refractivity contribution >= 4 is 5.97 Å². The number of aliphatic carboxylic acids is 1. The monoisotopic (exact) mass is 531 g/mol. The fraction of sp³-hybridized carbons (Fsp3) is 0.375. The Hall–Kier alpha value is -3.48. The van der Waals surface area contributed by atoms with Crippen molar-refractivity contribution in [3.05, 3.63) is 82.2 Å². The fourth-order valence-corrected chi connectivity index (χ4v) is 4.36. The molecule has 3 aromatic rings. The molecule has 1 aliphatic rings. The summed E-state index contributed by atoms with van der Waals surface area (Å²) in [4.78, 5) is 11.2. The Kier molecular flexibility index (Phi) is 7.01. The summed E-state index contributed by atoms with van der Waals surface area (Å²) in [6.07, 6.45) is -12.4. The van der Waals surface area contributed by atoms with Gasteiger partial charge in [0.15, 0.2) is 0 Å². The fourth-order valence-electron chi connectivity index (χ4n) is 4.36. The summed E-state index contributed by atoms with van der Waals surface area (Å²) < 4.78 is 101. The average molecular weight is 531 g/mol. The second-order valence-electron chi connectivity index (χ2n) is 8.73. The predicted molar refractivity (Wildman–Crippen MR) is 114 cm³/mol. The molecular formula is C24H20F7N3O3. The summed E-state index contributed by atoms with van der Waals surface area (Å²) in [6.45, 7) is 1.46. The summed E-state index contributed by atoms with van der Waals surface area (Å²) in [5, 5.41) is 17.0. The van der Waals surface area contributed by atoms with Crippen LogP contribution < -0.4 is 0 Å². The van der Waals surface area contributed by atoms with E-state index in [9.17, 15) is 35.5 Å². The van der Waals surface area contributed by atoms with E-state index in [1.54, 1.807) is 4.57 Å². The number of fused-ring (bicyclic) bond motifs is 1. The number of carboxylic acids is 1. The first-order valence-corrected chi connectivity index (χ1v) is 11.1. The third-order valence-corrected chi connectivity index (χ3v) is 6.18. The number of aromatic nitrogens is 3. The van der Waals surface area contributed by atoms with Gasteiger partial charge in [0.2, 0.25) is 0 Å². The van der Waals surface area contributed by atoms with E-state index >= 15 is 0 Å². The second kappa shape index (κ2) is 9.77. The minimum Gasteiger partial charge on any atom is -0.481 e. The molecule has 4 rings (SSSR count). The lowest BCUT2D eigenvalue weighted by atomic mass is 9.88. The molecule has 1 N–H and O–H groups in total. The molecule has 1 aliphatic heterocycles. The first-order chi connectivity index (χ1) is 17.2. The van der Waals surface area contributed by atoms with Crippen LogP contribution in [0.15, 0.2) is 42.5 Å². The van der Waals surface area contributed by atoms with Crippen molar-refractivity contribution in [1.82, 2.24) is 14.8 Å². The molecule has 3 atom stereocenters. The van der Waals surface area contributed by atoms with Crippen LogP contribution >= 0.6 is 0 Å². The number of hydrogen-bond acceptors (Lipinski definition) is 4. The van der Waals surface area contributed by atoms with Gasteiger partial charge in [0.25, 0.3) is 0 Å². The summed E-state index contributed by atoms with van der Waals surface area (Å²) >= 11 is 0. The van der Waals surface area contributed by atoms with E-state index in [1.807, 2.05) is 0 Å². The highest BCUT2D eigenvalue weighted by molar-refractivity contribution is 5.69. The van der Waals surface area contributed by atoms with E-state index < -0.39 is 59.8 Å². The number of carbonyl (C=O) groups is 1. The number of halogens is 7. The van der Waals surface area contributed by atoms with Crippen LogP contribution in [0.3, 0.4) is 0 Å². The molecule has 0 unspecified atom stereocenters. The van der Waals surface area contributed by atoms with E-state index in [1.165, 1.54) is 31.2 Å². The lowest BCUT2D eigenvalue weighted by Gasteiger charge is -2.35. The van der Waals surface area contributed by atoms with Gasteiger partial charge in [-0.3, -0.25) is 4.79 Å². The molecule has 2 aromatic carbocycles. The Morgan fingerprint density at radius 3 is 2.19 bits per heavy atom. The van der Waals surface area contributed by atoms with Crippen LogP contribution in [0, 0.1) is 5.82 Å². The van der Waals surface area contributed by atoms with E-state index in [0.29, 0.717) is 23.5 Å². The van der Waals surface area contributed by atoms with Gasteiger partial charge in [-0.15, -0.1) is 10.2 Å². The maximum Gasteiger partial charge on any atom is 0.416 e. The van der Waals surface area contributed by atoms with E-state index in [0.717, 1.165) is 0 Å². The normalized spacial score (nSPS) is 18.9. The van der Waals surface area contributed by atoms with Gasteiger partial charge >= 0.3 is 18.3 Å². The van der Waals surface area contributed by atoms with Crippen LogP contribution in [0.2, 0.25) is 0 Å². The quantitative estimate of drug-likeness (QED) is 0.421. The number of carboxylic acid groups (broad SMARTS) is 1. The highest BCUT2D eigenvalue weighted by atomic mass is 19.4. The van der Waals surface area contributed by atoms with Crippen molar-refractivity contribution in [2.75, 3.05) is 0 Å². The van der Waals surface area contributed by atoms with Gasteiger partial charge in [0, 0.05) is 18.9 Å². The van der Waals surface area contributed by atoms with Gasteiger partial charge in [0.05, 0.1) is 23.3 Å². The van der Waals surface area contributed by atoms with Crippen molar-refractivity contribution in [2.45, 2.75) is 56.8 Å². The van der Waals surface area contributed by atoms with Crippen molar-refractivity contribution in [2.24, 2.45) is 0 Å². The first-order valence-electron chi connectivity index (χ1n) is 11.1. The average Bonchev–Trinajstić information content (AvgIpc) is 3.18. The Labute approximate surface area is 205 Å². The molecule has 198 valence electrons. The topological polar surface area (TPSA) is 77.2 Å². The van der Waals surface area contributed by atoms with Crippen molar-refractivity contribution in [3.63, 3.8) is 0 Å². The Morgan fingerprint density at radius 1 is 1.05 bits per heavy atom. The van der Waals surface area contributed by atoms with Gasteiger partial charge in [-0.05, 0) is 48.4 Å². The zero-order valence-corrected chi connectivity index (χ0v) is 19.1. The largest absolute Gasteiger partial charge is 0.481 e. The summed E-state index contributed by atoms with van der Waals surface area (Å²) in [6, 6.07) is 6.66. The van der Waals surface area contributed by atoms with Crippen LogP contribution in [-0.2, 0) is 41.3 Å². The number of ether oxygens (including phenoxy) is 1. The molecule has 1 aromatic heterocycles. The Bertz CT molecular complexity index is 1250. The summed E-state index contributed by atoms with van der Waals surface area (Å²) in [5.74, 6) is -1.66. The molecule has 2 heterocycles. The molecule has 0 saturated carbocycles. The van der Waals surface area contributed by atoms with Crippen LogP contribution in [0.1, 0.15) is 52.8 Å². The smallest absolute Gasteiger partial charge is 0.416 e. The molecular weight excluding hydrogens is 511 g/mol. The third-order valence-electron chi connectivity index (χ3n) is 6.18. The molecule has 6 nitrogen and oxygen atoms in total. The summed E-state index contributed by atoms with van der Waals surface area (Å²) in [7, 11) is 0. The van der Waals surface area contributed by atoms with Crippen LogP contribution in [0.4, 0.5) is 30.7 Å². The van der Waals surface area contributed by atoms with Gasteiger partial charge < -0.3 is 14.4 Å². The maximum absolute atomic E-state index is 13.5. The highest BCUT2D eigenvalue weighted by Crippen LogP contribution is 2.40. The Balaban J connectivity index is 1.70. The highest BCUT2D eigenvalue weighted by Gasteiger charge is 2.39. The number of nitrogens with zero attached hydrogens (tertiary/aromatic N) is 3. The molecule has 0 spiro atoms. The number of rotatable bonds is 6. The SMILES string of the molecule is C[C@@H](O[C@H]1Cc2nnc(CC(=O)O)n2C[C@@H]1c1ccc(F)cc1)c1cc(C(F)(F)F)cc(C(F)(F)F)c1. The lowest BCUT2D eigenvalue weighted by molar-refractivity contribution is -0.143. The zero-order chi connectivity index (χ0) is 27.1. The molecule has 0 amide bonds. The third kappa shape index (κ3) is 5.92. The van der Waals surface area contributed by atoms with E-state index in [4.69, 9.17) is 9.84 Å². The van der Waals surface area contributed by atoms with Crippen LogP contribution in [-0.4, -0.2) is 31.9 Å². The van der Waals surface area contributed by atoms with Gasteiger partial charge in [-0.25, -0.2) is 4.39 Å². The molecule has 0 aliphatic carbocycles. The van der Waals surface area contributed by atoms with Crippen molar-refractivity contribution < 1.29 is 45.4 Å². The molecule has 0 fully saturated rings. The minimum atomic E-state index is -5.01. The van der Waals surface area contributed by atoms with E-state index in [2.05, 4.69) is 10.2 Å². The van der Waals surface area contributed by atoms with Crippen molar-refractivity contribution in [3.8, 4) is 0 Å². The van der Waals surface area contributed by atoms with Crippen molar-refractivity contribution in [1.29, 1.82) is 0 Å². The van der Waals surface area contributed by atoms with Crippen LogP contribution in [0.5, 0.6) is 0 Å². The zero-order valence-electron chi connectivity index (χ0n) is 19.1. The minimum absolute atomic E-state index is 0.0457.